The second-order valence-corrected chi connectivity index (χ2v) is 11.9. The number of halogens is 1. The Morgan fingerprint density at radius 1 is 0.865 bits per heavy atom. The Morgan fingerprint density at radius 2 is 1.57 bits per heavy atom. The summed E-state index contributed by atoms with van der Waals surface area (Å²) in [6.45, 7) is 3.40. The van der Waals surface area contributed by atoms with Crippen LogP contribution in [0.4, 0.5) is 0 Å². The normalized spacial score (nSPS) is 15.8. The third-order valence-corrected chi connectivity index (χ3v) is 8.87. The van der Waals surface area contributed by atoms with Crippen molar-refractivity contribution in [3.63, 3.8) is 0 Å². The molecule has 1 amide bonds. The average Bonchev–Trinajstić information content (AvgIpc) is 3.37. The van der Waals surface area contributed by atoms with Gasteiger partial charge < -0.3 is 14.4 Å². The third-order valence-electron chi connectivity index (χ3n) is 6.53. The van der Waals surface area contributed by atoms with Gasteiger partial charge in [0.1, 0.15) is 0 Å². The maximum Gasteiger partial charge on any atom is 0.243 e. The molecule has 2 heterocycles. The molecule has 0 radical (unpaired) electrons. The van der Waals surface area contributed by atoms with Gasteiger partial charge in [0.2, 0.25) is 22.7 Å². The van der Waals surface area contributed by atoms with Crippen molar-refractivity contribution in [2.24, 2.45) is 0 Å². The summed E-state index contributed by atoms with van der Waals surface area (Å²) in [5, 5.41) is 0. The number of ether oxygens (including phenoxy) is 2. The van der Waals surface area contributed by atoms with E-state index in [0.717, 1.165) is 33.6 Å². The predicted octanol–water partition coefficient (Wildman–Crippen LogP) is 3.71. The van der Waals surface area contributed by atoms with E-state index < -0.39 is 10.0 Å². The molecule has 0 bridgehead atoms. The highest BCUT2D eigenvalue weighted by Gasteiger charge is 2.30. The monoisotopic (exact) mass is 585 g/mol. The molecule has 194 valence electrons. The number of fused-ring (bicyclic) bond motifs is 1. The Hall–Kier alpha value is -2.92. The first-order valence-corrected chi connectivity index (χ1v) is 14.3. The zero-order chi connectivity index (χ0) is 25.8. The number of hydrogen-bond acceptors (Lipinski definition) is 6. The molecule has 0 saturated carbocycles. The molecule has 5 rings (SSSR count). The summed E-state index contributed by atoms with van der Waals surface area (Å²) in [4.78, 5) is 17.5. The first-order valence-electron chi connectivity index (χ1n) is 12.1. The highest BCUT2D eigenvalue weighted by molar-refractivity contribution is 9.10. The lowest BCUT2D eigenvalue weighted by molar-refractivity contribution is -0.133. The smallest absolute Gasteiger partial charge is 0.243 e. The van der Waals surface area contributed by atoms with Gasteiger partial charge in [-0.05, 0) is 47.5 Å². The number of hydrogen-bond donors (Lipinski definition) is 0. The number of carbonyl (C=O) groups excluding carboxylic acids is 1. The molecule has 3 aromatic carbocycles. The number of carbonyl (C=O) groups is 1. The van der Waals surface area contributed by atoms with Crippen molar-refractivity contribution in [3.8, 4) is 11.5 Å². The fourth-order valence-electron chi connectivity index (χ4n) is 4.47. The number of sulfonamides is 1. The molecule has 0 N–H and O–H groups in total. The molecule has 10 heteroatoms. The van der Waals surface area contributed by atoms with Crippen molar-refractivity contribution in [1.29, 1.82) is 0 Å². The van der Waals surface area contributed by atoms with E-state index in [0.29, 0.717) is 26.2 Å². The Labute approximate surface area is 225 Å². The maximum atomic E-state index is 13.5. The summed E-state index contributed by atoms with van der Waals surface area (Å²) < 4.78 is 39.9. The van der Waals surface area contributed by atoms with Gasteiger partial charge in [0.15, 0.2) is 11.5 Å². The minimum atomic E-state index is -3.87. The molecule has 1 saturated heterocycles. The average molecular weight is 587 g/mol. The Balaban J connectivity index is 1.24. The van der Waals surface area contributed by atoms with Crippen LogP contribution in [0.5, 0.6) is 11.5 Å². The number of rotatable bonds is 8. The van der Waals surface area contributed by atoms with Crippen molar-refractivity contribution in [2.75, 3.05) is 39.5 Å². The highest BCUT2D eigenvalue weighted by atomic mass is 79.9. The molecule has 1 fully saturated rings. The van der Waals surface area contributed by atoms with E-state index in [4.69, 9.17) is 9.47 Å². The topological polar surface area (TPSA) is 79.4 Å². The predicted molar refractivity (Wildman–Crippen MR) is 143 cm³/mol. The summed E-state index contributed by atoms with van der Waals surface area (Å²) in [5.74, 6) is 1.33. The second kappa shape index (κ2) is 11.2. The molecule has 3 aromatic rings. The van der Waals surface area contributed by atoms with Crippen LogP contribution in [-0.4, -0.2) is 67.9 Å². The van der Waals surface area contributed by atoms with Gasteiger partial charge in [0, 0.05) is 43.7 Å². The fourth-order valence-corrected chi connectivity index (χ4v) is 6.11. The summed E-state index contributed by atoms with van der Waals surface area (Å²) in [5.41, 5.74) is 1.95. The van der Waals surface area contributed by atoms with Gasteiger partial charge in [-0.25, -0.2) is 8.42 Å². The van der Waals surface area contributed by atoms with Crippen molar-refractivity contribution in [2.45, 2.75) is 18.0 Å². The molecular weight excluding hydrogens is 558 g/mol. The fraction of sp³-hybridized carbons (Fsp3) is 0.296. The lowest BCUT2D eigenvalue weighted by Crippen LogP contribution is -2.51. The second-order valence-electron chi connectivity index (χ2n) is 9.06. The Morgan fingerprint density at radius 3 is 2.30 bits per heavy atom. The van der Waals surface area contributed by atoms with E-state index in [-0.39, 0.29) is 30.7 Å². The van der Waals surface area contributed by atoms with Gasteiger partial charge in [-0.1, -0.05) is 52.3 Å². The van der Waals surface area contributed by atoms with Crippen LogP contribution in [0.2, 0.25) is 0 Å². The molecule has 2 aliphatic heterocycles. The molecule has 0 aromatic heterocycles. The van der Waals surface area contributed by atoms with Crippen LogP contribution in [0.3, 0.4) is 0 Å². The van der Waals surface area contributed by atoms with Gasteiger partial charge >= 0.3 is 0 Å². The minimum Gasteiger partial charge on any atom is -0.454 e. The van der Waals surface area contributed by atoms with E-state index in [1.165, 1.54) is 4.31 Å². The standard InChI is InChI=1S/C27H28BrN3O5S/c28-23-7-9-24(10-8-23)37(33,34)31(18-21-4-2-1-3-5-21)19-27(32)30-14-12-29(13-15-30)17-22-6-11-25-26(16-22)36-20-35-25/h1-11,16H,12-15,17-20H2. The van der Waals surface area contributed by atoms with Crippen molar-refractivity contribution in [3.05, 3.63) is 88.4 Å². The van der Waals surface area contributed by atoms with Crippen LogP contribution in [0.15, 0.2) is 82.2 Å². The molecule has 37 heavy (non-hydrogen) atoms. The highest BCUT2D eigenvalue weighted by Crippen LogP contribution is 2.33. The molecule has 2 aliphatic rings. The van der Waals surface area contributed by atoms with E-state index in [1.807, 2.05) is 48.5 Å². The van der Waals surface area contributed by atoms with E-state index in [1.54, 1.807) is 29.2 Å². The number of piperazine rings is 1. The van der Waals surface area contributed by atoms with Crippen molar-refractivity contribution < 1.29 is 22.7 Å². The van der Waals surface area contributed by atoms with Crippen LogP contribution >= 0.6 is 15.9 Å². The maximum absolute atomic E-state index is 13.5. The van der Waals surface area contributed by atoms with E-state index in [2.05, 4.69) is 20.8 Å². The van der Waals surface area contributed by atoms with Gasteiger partial charge in [-0.3, -0.25) is 9.69 Å². The van der Waals surface area contributed by atoms with Crippen LogP contribution < -0.4 is 9.47 Å². The lowest BCUT2D eigenvalue weighted by Gasteiger charge is -2.35. The summed E-state index contributed by atoms with van der Waals surface area (Å²) >= 11 is 3.35. The molecule has 0 aliphatic carbocycles. The van der Waals surface area contributed by atoms with Gasteiger partial charge in [-0.2, -0.15) is 4.31 Å². The minimum absolute atomic E-state index is 0.120. The van der Waals surface area contributed by atoms with E-state index >= 15 is 0 Å². The first-order chi connectivity index (χ1) is 17.9. The first kappa shape index (κ1) is 25.7. The van der Waals surface area contributed by atoms with Crippen LogP contribution in [0.25, 0.3) is 0 Å². The van der Waals surface area contributed by atoms with Gasteiger partial charge in [-0.15, -0.1) is 0 Å². The number of amides is 1. The molecule has 0 unspecified atom stereocenters. The van der Waals surface area contributed by atoms with Crippen LogP contribution in [0.1, 0.15) is 11.1 Å². The zero-order valence-electron chi connectivity index (χ0n) is 20.3. The van der Waals surface area contributed by atoms with E-state index in [9.17, 15) is 13.2 Å². The van der Waals surface area contributed by atoms with Crippen LogP contribution in [0, 0.1) is 0 Å². The Kier molecular flexibility index (Phi) is 7.80. The summed E-state index contributed by atoms with van der Waals surface area (Å²) in [6, 6.07) is 21.8. The quantitative estimate of drug-likeness (QED) is 0.401. The third kappa shape index (κ3) is 6.15. The summed E-state index contributed by atoms with van der Waals surface area (Å²) in [7, 11) is -3.87. The molecular formula is C27H28BrN3O5S. The Bertz CT molecular complexity index is 1340. The molecule has 8 nitrogen and oxygen atoms in total. The molecule has 0 spiro atoms. The lowest BCUT2D eigenvalue weighted by atomic mass is 10.1. The van der Waals surface area contributed by atoms with Crippen LogP contribution in [-0.2, 0) is 27.9 Å². The number of nitrogens with zero attached hydrogens (tertiary/aromatic N) is 3. The van der Waals surface area contributed by atoms with Gasteiger partial charge in [0.25, 0.3) is 0 Å². The SMILES string of the molecule is O=C(CN(Cc1ccccc1)S(=O)(=O)c1ccc(Br)cc1)N1CCN(Cc2ccc3c(c2)OCO3)CC1. The van der Waals surface area contributed by atoms with Crippen molar-refractivity contribution >= 4 is 31.9 Å². The largest absolute Gasteiger partial charge is 0.454 e. The van der Waals surface area contributed by atoms with Gasteiger partial charge in [0.05, 0.1) is 11.4 Å². The summed E-state index contributed by atoms with van der Waals surface area (Å²) in [6.07, 6.45) is 0. The number of benzene rings is 3. The zero-order valence-corrected chi connectivity index (χ0v) is 22.7. The van der Waals surface area contributed by atoms with Crippen molar-refractivity contribution in [1.82, 2.24) is 14.1 Å². The molecule has 0 atom stereocenters.